The van der Waals surface area contributed by atoms with Gasteiger partial charge in [-0.15, -0.1) is 0 Å². The van der Waals surface area contributed by atoms with Gasteiger partial charge in [-0.1, -0.05) is 121 Å². The monoisotopic (exact) mass is 689 g/mol. The standard InChI is InChI=1S/C44H36N2O4S/c1-44(2)37(45(25-24-39(48)49)41-34-19-11-7-15-30(34)29-14-6-10-18-33(29)40(41)44)22-4-3-5-23-38-46(26-27-50-28-47)42-35-20-12-8-16-31(35)32-17-9-13-21-36(32)43(42)51-38/h3-23,28H,24-27H2,1-2H3/p+1. The molecule has 8 rings (SSSR count). The van der Waals surface area contributed by atoms with Gasteiger partial charge in [0.25, 0.3) is 6.47 Å². The van der Waals surface area contributed by atoms with Crippen molar-refractivity contribution in [1.29, 1.82) is 0 Å². The maximum atomic E-state index is 11.9. The van der Waals surface area contributed by atoms with Crippen LogP contribution >= 0.6 is 11.8 Å². The number of hydrogen-bond donors (Lipinski definition) is 1. The summed E-state index contributed by atoms with van der Waals surface area (Å²) in [6, 6.07) is 34.0. The number of rotatable bonds is 10. The van der Waals surface area contributed by atoms with Crippen molar-refractivity contribution in [3.8, 4) is 0 Å². The van der Waals surface area contributed by atoms with E-state index < -0.39 is 5.97 Å². The van der Waals surface area contributed by atoms with Crippen LogP contribution in [0.5, 0.6) is 0 Å². The van der Waals surface area contributed by atoms with E-state index >= 15 is 0 Å². The van der Waals surface area contributed by atoms with Gasteiger partial charge in [0.2, 0.25) is 5.69 Å². The van der Waals surface area contributed by atoms with Crippen molar-refractivity contribution in [3.63, 3.8) is 0 Å². The SMILES string of the molecule is CC1(C)C(/C=C/C=C/C=C2/Sc3c(c4ccccc4c4ccccc34)N2CCOC=O)=[N+](CCC(=O)O)c2c1c1ccccc1c1ccccc21. The minimum atomic E-state index is -0.820. The van der Waals surface area contributed by atoms with Crippen LogP contribution in [0.25, 0.3) is 43.1 Å². The number of carbonyl (C=O) groups is 2. The zero-order valence-electron chi connectivity index (χ0n) is 28.5. The number of carbonyl (C=O) groups excluding carboxylic acids is 1. The van der Waals surface area contributed by atoms with Crippen LogP contribution in [0.3, 0.4) is 0 Å². The lowest BCUT2D eigenvalue weighted by Gasteiger charge is -2.22. The molecule has 0 unspecified atom stereocenters. The first-order valence-corrected chi connectivity index (χ1v) is 18.0. The summed E-state index contributed by atoms with van der Waals surface area (Å²) in [6.45, 7) is 6.15. The third kappa shape index (κ3) is 5.49. The van der Waals surface area contributed by atoms with Gasteiger partial charge in [0, 0.05) is 21.9 Å². The number of nitrogens with zero attached hydrogens (tertiary/aromatic N) is 2. The number of carboxylic acids is 1. The van der Waals surface area contributed by atoms with Crippen LogP contribution < -0.4 is 4.90 Å². The van der Waals surface area contributed by atoms with E-state index in [0.29, 0.717) is 19.6 Å². The molecule has 1 N–H and O–H groups in total. The number of thioether (sulfide) groups is 1. The van der Waals surface area contributed by atoms with Gasteiger partial charge in [0.1, 0.15) is 13.0 Å². The summed E-state index contributed by atoms with van der Waals surface area (Å²) in [4.78, 5) is 26.4. The third-order valence-electron chi connectivity index (χ3n) is 10.1. The molecule has 252 valence electrons. The molecule has 0 radical (unpaired) electrons. The molecule has 51 heavy (non-hydrogen) atoms. The molecule has 2 aliphatic heterocycles. The predicted molar refractivity (Wildman–Crippen MR) is 210 cm³/mol. The fourth-order valence-corrected chi connectivity index (χ4v) is 9.23. The Hall–Kier alpha value is -5.66. The fourth-order valence-electron chi connectivity index (χ4n) is 7.98. The lowest BCUT2D eigenvalue weighted by atomic mass is 9.78. The maximum Gasteiger partial charge on any atom is 0.309 e. The van der Waals surface area contributed by atoms with Crippen molar-refractivity contribution >= 4 is 84.4 Å². The number of hydrogen-bond acceptors (Lipinski definition) is 5. The highest BCUT2D eigenvalue weighted by Crippen LogP contribution is 2.53. The minimum absolute atomic E-state index is 0.0285. The fraction of sp³-hybridized carbons (Fsp3) is 0.159. The number of allylic oxidation sites excluding steroid dienone is 5. The van der Waals surface area contributed by atoms with Crippen molar-refractivity contribution in [2.45, 2.75) is 30.6 Å². The second kappa shape index (κ2) is 13.2. The average molecular weight is 690 g/mol. The van der Waals surface area contributed by atoms with E-state index in [1.54, 1.807) is 11.8 Å². The predicted octanol–water partition coefficient (Wildman–Crippen LogP) is 9.89. The molecule has 0 bridgehead atoms. The topological polar surface area (TPSA) is 69.8 Å². The van der Waals surface area contributed by atoms with Crippen LogP contribution in [-0.2, 0) is 19.7 Å². The molecule has 2 aliphatic rings. The lowest BCUT2D eigenvalue weighted by Crippen LogP contribution is -2.28. The summed E-state index contributed by atoms with van der Waals surface area (Å²) in [7, 11) is 0. The summed E-state index contributed by atoms with van der Waals surface area (Å²) in [5.41, 5.74) is 4.13. The van der Waals surface area contributed by atoms with Crippen LogP contribution in [0.4, 0.5) is 11.4 Å². The Balaban J connectivity index is 1.19. The van der Waals surface area contributed by atoms with Crippen molar-refractivity contribution in [1.82, 2.24) is 0 Å². The Labute approximate surface area is 300 Å². The number of carboxylic acid groups (broad SMARTS) is 1. The average Bonchev–Trinajstić information content (AvgIpc) is 3.62. The molecule has 0 saturated heterocycles. The Morgan fingerprint density at radius 2 is 1.35 bits per heavy atom. The zero-order valence-corrected chi connectivity index (χ0v) is 29.3. The molecule has 0 aliphatic carbocycles. The molecule has 0 aromatic heterocycles. The highest BCUT2D eigenvalue weighted by Gasteiger charge is 2.46. The zero-order chi connectivity index (χ0) is 35.1. The Morgan fingerprint density at radius 3 is 2.02 bits per heavy atom. The summed E-state index contributed by atoms with van der Waals surface area (Å²) in [6.07, 6.45) is 10.4. The van der Waals surface area contributed by atoms with Crippen LogP contribution in [0.15, 0.2) is 137 Å². The largest absolute Gasteiger partial charge is 0.481 e. The van der Waals surface area contributed by atoms with Crippen molar-refractivity contribution in [3.05, 3.63) is 138 Å². The highest BCUT2D eigenvalue weighted by molar-refractivity contribution is 8.04. The molecule has 0 saturated carbocycles. The molecule has 6 aromatic carbocycles. The molecule has 7 heteroatoms. The molecular weight excluding hydrogens is 653 g/mol. The summed E-state index contributed by atoms with van der Waals surface area (Å²) < 4.78 is 7.39. The van der Waals surface area contributed by atoms with Gasteiger partial charge in [-0.25, -0.2) is 0 Å². The first-order valence-electron chi connectivity index (χ1n) is 17.2. The Kier molecular flexibility index (Phi) is 8.44. The van der Waals surface area contributed by atoms with Crippen molar-refractivity contribution in [2.24, 2.45) is 0 Å². The maximum absolute atomic E-state index is 11.9. The van der Waals surface area contributed by atoms with Gasteiger partial charge in [0.05, 0.1) is 28.1 Å². The van der Waals surface area contributed by atoms with E-state index in [0.717, 1.165) is 32.9 Å². The van der Waals surface area contributed by atoms with E-state index in [4.69, 9.17) is 4.74 Å². The summed E-state index contributed by atoms with van der Waals surface area (Å²) >= 11 is 1.73. The number of fused-ring (bicyclic) bond motifs is 12. The molecule has 0 spiro atoms. The summed E-state index contributed by atoms with van der Waals surface area (Å²) in [5.74, 6) is -0.820. The molecule has 6 nitrogen and oxygen atoms in total. The van der Waals surface area contributed by atoms with Gasteiger partial charge in [-0.3, -0.25) is 9.59 Å². The van der Waals surface area contributed by atoms with Crippen LogP contribution in [0.1, 0.15) is 25.8 Å². The number of aliphatic carboxylic acids is 1. The van der Waals surface area contributed by atoms with E-state index in [9.17, 15) is 14.7 Å². The van der Waals surface area contributed by atoms with E-state index in [2.05, 4.69) is 139 Å². The molecule has 6 aromatic rings. The normalized spacial score (nSPS) is 16.0. The second-order valence-electron chi connectivity index (χ2n) is 13.4. The highest BCUT2D eigenvalue weighted by atomic mass is 32.2. The summed E-state index contributed by atoms with van der Waals surface area (Å²) in [5, 5.41) is 20.3. The quantitative estimate of drug-likeness (QED) is 0.0508. The van der Waals surface area contributed by atoms with Gasteiger partial charge < -0.3 is 14.7 Å². The van der Waals surface area contributed by atoms with E-state index in [1.807, 2.05) is 12.2 Å². The third-order valence-corrected chi connectivity index (χ3v) is 11.3. The molecule has 2 heterocycles. The van der Waals surface area contributed by atoms with Gasteiger partial charge in [0.15, 0.2) is 12.3 Å². The Morgan fingerprint density at radius 1 is 0.784 bits per heavy atom. The smallest absolute Gasteiger partial charge is 0.309 e. The number of anilines is 1. The lowest BCUT2D eigenvalue weighted by molar-refractivity contribution is -0.435. The molecule has 0 atom stereocenters. The molecule has 0 fully saturated rings. The van der Waals surface area contributed by atoms with E-state index in [1.165, 1.54) is 42.8 Å². The van der Waals surface area contributed by atoms with Gasteiger partial charge in [-0.05, 0) is 58.3 Å². The van der Waals surface area contributed by atoms with E-state index in [-0.39, 0.29) is 18.4 Å². The minimum Gasteiger partial charge on any atom is -0.481 e. The first-order chi connectivity index (χ1) is 24.9. The first kappa shape index (κ1) is 32.5. The van der Waals surface area contributed by atoms with Crippen molar-refractivity contribution < 1.29 is 24.0 Å². The number of benzene rings is 6. The second-order valence-corrected chi connectivity index (χ2v) is 14.4. The molecular formula is C44H37N2O4S+. The van der Waals surface area contributed by atoms with Gasteiger partial charge >= 0.3 is 5.97 Å². The van der Waals surface area contributed by atoms with Gasteiger partial charge in [-0.2, -0.15) is 4.58 Å². The Bertz CT molecular complexity index is 2530. The van der Waals surface area contributed by atoms with Crippen LogP contribution in [-0.4, -0.2) is 47.5 Å². The van der Waals surface area contributed by atoms with Crippen molar-refractivity contribution in [2.75, 3.05) is 24.6 Å². The van der Waals surface area contributed by atoms with Crippen LogP contribution in [0, 0.1) is 0 Å². The number of ether oxygens (including phenoxy) is 1. The van der Waals surface area contributed by atoms with Crippen LogP contribution in [0.2, 0.25) is 0 Å². The molecule has 0 amide bonds.